The normalized spacial score (nSPS) is 11.9. The van der Waals surface area contributed by atoms with E-state index >= 15 is 0 Å². The minimum absolute atomic E-state index is 0.0354. The summed E-state index contributed by atoms with van der Waals surface area (Å²) in [6, 6.07) is 11.7. The average molecular weight is 601 g/mol. The Morgan fingerprint density at radius 1 is 0.878 bits per heavy atom. The summed E-state index contributed by atoms with van der Waals surface area (Å²) in [7, 11) is 0. The zero-order chi connectivity index (χ0) is 30.2. The highest BCUT2D eigenvalue weighted by Gasteiger charge is 2.38. The molecule has 41 heavy (non-hydrogen) atoms. The Balaban J connectivity index is 1.95. The first kappa shape index (κ1) is 32.1. The molecular formula is C29H30F6N2O3S. The van der Waals surface area contributed by atoms with Gasteiger partial charge in [-0.1, -0.05) is 30.3 Å². The Hall–Kier alpha value is -3.38. The van der Waals surface area contributed by atoms with Crippen LogP contribution in [0.5, 0.6) is 0 Å². The predicted molar refractivity (Wildman–Crippen MR) is 143 cm³/mol. The molecule has 0 radical (unpaired) electrons. The van der Waals surface area contributed by atoms with Gasteiger partial charge < -0.3 is 14.5 Å². The molecule has 0 N–H and O–H groups in total. The van der Waals surface area contributed by atoms with Gasteiger partial charge in [0.15, 0.2) is 0 Å². The highest BCUT2D eigenvalue weighted by atomic mass is 32.1. The molecule has 0 aliphatic carbocycles. The van der Waals surface area contributed by atoms with Crippen molar-refractivity contribution in [2.75, 3.05) is 26.3 Å². The van der Waals surface area contributed by atoms with Gasteiger partial charge >= 0.3 is 12.4 Å². The van der Waals surface area contributed by atoms with Crippen molar-refractivity contribution in [1.82, 2.24) is 9.80 Å². The Kier molecular flexibility index (Phi) is 11.0. The molecule has 0 bridgehead atoms. The van der Waals surface area contributed by atoms with Crippen molar-refractivity contribution >= 4 is 23.2 Å². The summed E-state index contributed by atoms with van der Waals surface area (Å²) in [4.78, 5) is 30.5. The summed E-state index contributed by atoms with van der Waals surface area (Å²) in [6.07, 6.45) is -10.0. The number of hydrogen-bond acceptors (Lipinski definition) is 4. The zero-order valence-electron chi connectivity index (χ0n) is 22.5. The van der Waals surface area contributed by atoms with Crippen LogP contribution in [0.25, 0.3) is 0 Å². The number of benzene rings is 2. The van der Waals surface area contributed by atoms with Crippen LogP contribution in [-0.4, -0.2) is 47.9 Å². The van der Waals surface area contributed by atoms with E-state index in [0.29, 0.717) is 18.7 Å². The van der Waals surface area contributed by atoms with Crippen LogP contribution in [-0.2, 0) is 35.0 Å². The third-order valence-corrected chi connectivity index (χ3v) is 7.25. The number of carbonyl (C=O) groups excluding carboxylic acids is 2. The molecule has 0 atom stereocenters. The Morgan fingerprint density at radius 2 is 1.51 bits per heavy atom. The fourth-order valence-electron chi connectivity index (χ4n) is 4.05. The molecule has 0 unspecified atom stereocenters. The van der Waals surface area contributed by atoms with E-state index in [9.17, 15) is 35.9 Å². The highest BCUT2D eigenvalue weighted by molar-refractivity contribution is 7.10. The number of rotatable bonds is 12. The van der Waals surface area contributed by atoms with Gasteiger partial charge in [0.1, 0.15) is 6.54 Å². The van der Waals surface area contributed by atoms with E-state index in [1.54, 1.807) is 6.92 Å². The summed E-state index contributed by atoms with van der Waals surface area (Å²) in [5.74, 6) is -1.62. The van der Waals surface area contributed by atoms with Gasteiger partial charge in [0.05, 0.1) is 17.7 Å². The van der Waals surface area contributed by atoms with Crippen molar-refractivity contribution in [2.45, 2.75) is 45.7 Å². The number of aryl methyl sites for hydroxylation is 1. The summed E-state index contributed by atoms with van der Waals surface area (Å²) in [5, 5.41) is 1.88. The van der Waals surface area contributed by atoms with E-state index in [1.807, 2.05) is 48.7 Å². The van der Waals surface area contributed by atoms with Gasteiger partial charge in [-0.2, -0.15) is 26.3 Å². The van der Waals surface area contributed by atoms with Crippen molar-refractivity contribution in [3.63, 3.8) is 0 Å². The Bertz CT molecular complexity index is 1280. The molecule has 12 heteroatoms. The molecule has 3 rings (SSSR count). The molecule has 5 nitrogen and oxygen atoms in total. The number of hydrogen-bond donors (Lipinski definition) is 0. The van der Waals surface area contributed by atoms with Gasteiger partial charge in [-0.15, -0.1) is 11.3 Å². The van der Waals surface area contributed by atoms with Crippen LogP contribution in [0.3, 0.4) is 0 Å². The van der Waals surface area contributed by atoms with Crippen LogP contribution in [0.1, 0.15) is 50.8 Å². The number of halogens is 6. The van der Waals surface area contributed by atoms with Crippen LogP contribution in [0.4, 0.5) is 26.3 Å². The number of alkyl halides is 6. The van der Waals surface area contributed by atoms with Gasteiger partial charge in [-0.25, -0.2) is 0 Å². The lowest BCUT2D eigenvalue weighted by Crippen LogP contribution is -2.43. The van der Waals surface area contributed by atoms with Crippen LogP contribution < -0.4 is 0 Å². The Labute approximate surface area is 238 Å². The summed E-state index contributed by atoms with van der Waals surface area (Å²) >= 11 is 1.45. The summed E-state index contributed by atoms with van der Waals surface area (Å²) in [6.45, 7) is 3.97. The molecule has 222 valence electrons. The monoisotopic (exact) mass is 600 g/mol. The number of nitrogens with zero attached hydrogens (tertiary/aromatic N) is 2. The molecular weight excluding hydrogens is 570 g/mol. The SMILES string of the molecule is CCOCCCN(CC(=O)N(Cc1ccccc1)Cc1sccc1C)C(=O)c1cc(C(F)(F)F)cc(C(F)(F)F)c1. The van der Waals surface area contributed by atoms with Gasteiger partial charge in [-0.3, -0.25) is 9.59 Å². The molecule has 2 aromatic carbocycles. The fourth-order valence-corrected chi connectivity index (χ4v) is 4.97. The van der Waals surface area contributed by atoms with Crippen LogP contribution in [0.15, 0.2) is 60.0 Å². The van der Waals surface area contributed by atoms with E-state index in [0.717, 1.165) is 20.9 Å². The molecule has 0 saturated heterocycles. The van der Waals surface area contributed by atoms with E-state index in [-0.39, 0.29) is 38.7 Å². The Morgan fingerprint density at radius 3 is 2.05 bits per heavy atom. The van der Waals surface area contributed by atoms with Crippen LogP contribution >= 0.6 is 11.3 Å². The van der Waals surface area contributed by atoms with Crippen LogP contribution in [0, 0.1) is 6.92 Å². The van der Waals surface area contributed by atoms with Crippen LogP contribution in [0.2, 0.25) is 0 Å². The largest absolute Gasteiger partial charge is 0.416 e. The lowest BCUT2D eigenvalue weighted by atomic mass is 10.0. The molecule has 0 saturated carbocycles. The molecule has 0 spiro atoms. The third kappa shape index (κ3) is 9.32. The standard InChI is InChI=1S/C29H30F6N2O3S/c1-3-40-12-7-11-36(27(39)22-14-23(28(30,31)32)16-24(15-22)29(33,34)35)19-26(38)37(17-21-8-5-4-6-9-21)18-25-20(2)10-13-41-25/h4-6,8-10,13-16H,3,7,11-12,17-19H2,1-2H3. The van der Waals surface area contributed by atoms with E-state index < -0.39 is 47.4 Å². The smallest absolute Gasteiger partial charge is 0.382 e. The second kappa shape index (κ2) is 14.0. The molecule has 2 amide bonds. The maximum atomic E-state index is 13.6. The first-order valence-corrected chi connectivity index (χ1v) is 13.7. The molecule has 1 aromatic heterocycles. The van der Waals surface area contributed by atoms with Gasteiger partial charge in [-0.05, 0) is 61.0 Å². The predicted octanol–water partition coefficient (Wildman–Crippen LogP) is 7.19. The first-order valence-electron chi connectivity index (χ1n) is 12.8. The number of amides is 2. The molecule has 0 fully saturated rings. The second-order valence-electron chi connectivity index (χ2n) is 9.33. The zero-order valence-corrected chi connectivity index (χ0v) is 23.3. The van der Waals surface area contributed by atoms with Crippen molar-refractivity contribution in [3.8, 4) is 0 Å². The average Bonchev–Trinajstić information content (AvgIpc) is 3.32. The maximum Gasteiger partial charge on any atom is 0.416 e. The maximum absolute atomic E-state index is 13.6. The quantitative estimate of drug-likeness (QED) is 0.163. The van der Waals surface area contributed by atoms with Gasteiger partial charge in [0, 0.05) is 36.7 Å². The minimum Gasteiger partial charge on any atom is -0.382 e. The van der Waals surface area contributed by atoms with E-state index in [4.69, 9.17) is 4.74 Å². The number of thiophene rings is 1. The number of carbonyl (C=O) groups is 2. The molecule has 0 aliphatic heterocycles. The molecule has 0 aliphatic rings. The lowest BCUT2D eigenvalue weighted by Gasteiger charge is -2.28. The van der Waals surface area contributed by atoms with Crippen molar-refractivity contribution in [3.05, 3.63) is 92.7 Å². The van der Waals surface area contributed by atoms with Crippen molar-refractivity contribution < 1.29 is 40.7 Å². The topological polar surface area (TPSA) is 49.9 Å². The van der Waals surface area contributed by atoms with Gasteiger partial charge in [0.25, 0.3) is 5.91 Å². The molecule has 1 heterocycles. The number of ether oxygens (including phenoxy) is 1. The first-order chi connectivity index (χ1) is 19.3. The van der Waals surface area contributed by atoms with Gasteiger partial charge in [0.2, 0.25) is 5.91 Å². The highest BCUT2D eigenvalue weighted by Crippen LogP contribution is 2.36. The summed E-state index contributed by atoms with van der Waals surface area (Å²) in [5.41, 5.74) is -2.23. The fraction of sp³-hybridized carbons (Fsp3) is 0.379. The molecule has 3 aromatic rings. The minimum atomic E-state index is -5.11. The summed E-state index contributed by atoms with van der Waals surface area (Å²) < 4.78 is 86.0. The van der Waals surface area contributed by atoms with Crippen molar-refractivity contribution in [2.24, 2.45) is 0 Å². The second-order valence-corrected chi connectivity index (χ2v) is 10.3. The van der Waals surface area contributed by atoms with E-state index in [2.05, 4.69) is 0 Å². The van der Waals surface area contributed by atoms with Crippen molar-refractivity contribution in [1.29, 1.82) is 0 Å². The third-order valence-electron chi connectivity index (χ3n) is 6.24. The van der Waals surface area contributed by atoms with E-state index in [1.165, 1.54) is 16.2 Å². The lowest BCUT2D eigenvalue weighted by molar-refractivity contribution is -0.143.